The van der Waals surface area contributed by atoms with Gasteiger partial charge in [-0.3, -0.25) is 9.98 Å². The first-order valence-electron chi connectivity index (χ1n) is 22.4. The van der Waals surface area contributed by atoms with Crippen LogP contribution in [0.4, 0.5) is 11.4 Å². The Kier molecular flexibility index (Phi) is 20.4. The number of aryl methyl sites for hydroxylation is 4. The third kappa shape index (κ3) is 13.8. The van der Waals surface area contributed by atoms with Gasteiger partial charge in [0.1, 0.15) is 0 Å². The van der Waals surface area contributed by atoms with Gasteiger partial charge in [0.25, 0.3) is 0 Å². The lowest BCUT2D eigenvalue weighted by Gasteiger charge is -2.33. The molecule has 3 aromatic rings. The first-order chi connectivity index (χ1) is 26.1. The fourth-order valence-electron chi connectivity index (χ4n) is 8.67. The van der Waals surface area contributed by atoms with E-state index in [0.717, 1.165) is 34.9 Å². The summed E-state index contributed by atoms with van der Waals surface area (Å²) in [6.07, 6.45) is 15.6. The zero-order valence-corrected chi connectivity index (χ0v) is 38.7. The Bertz CT molecular complexity index is 1410. The molecule has 0 aliphatic rings. The van der Waals surface area contributed by atoms with Crippen molar-refractivity contribution in [2.24, 2.45) is 9.98 Å². The number of rotatable bonds is 26. The quantitative estimate of drug-likeness (QED) is 0.0592. The molecule has 0 atom stereocenters. The second kappa shape index (κ2) is 24.1. The van der Waals surface area contributed by atoms with Crippen LogP contribution in [0.15, 0.2) is 64.6 Å². The Hall–Kier alpha value is -2.64. The molecule has 0 saturated heterocycles. The standard InChI is InChI=1S/C49H79N3Si2/c1-11-17-32-53(33-18-12-2,34-19-13-3)38-46(51-48-40(7)26-23-27-41(48)8)44-30-25-31-45(50-44)47(52-49-42(9)28-24-29-43(49)10)39-54(35-20-14-4,36-21-15-5)37-22-16-6/h23-31H,11-22,32-39H2,1-10H3. The topological polar surface area (TPSA) is 37.6 Å². The molecule has 0 spiro atoms. The van der Waals surface area contributed by atoms with Gasteiger partial charge in [-0.2, -0.15) is 0 Å². The highest BCUT2D eigenvalue weighted by atomic mass is 28.3. The van der Waals surface area contributed by atoms with Gasteiger partial charge in [-0.1, -0.05) is 197 Å². The van der Waals surface area contributed by atoms with Crippen molar-refractivity contribution < 1.29 is 0 Å². The van der Waals surface area contributed by atoms with Crippen molar-refractivity contribution in [3.63, 3.8) is 0 Å². The highest BCUT2D eigenvalue weighted by Gasteiger charge is 2.35. The van der Waals surface area contributed by atoms with Crippen molar-refractivity contribution in [3.05, 3.63) is 88.2 Å². The van der Waals surface area contributed by atoms with E-state index in [0.29, 0.717) is 0 Å². The van der Waals surface area contributed by atoms with Crippen molar-refractivity contribution >= 4 is 38.9 Å². The second-order valence-corrected chi connectivity index (χ2v) is 26.7. The second-order valence-electron chi connectivity index (χ2n) is 17.0. The maximum atomic E-state index is 5.72. The number of para-hydroxylation sites is 2. The van der Waals surface area contributed by atoms with E-state index in [2.05, 4.69) is 124 Å². The average Bonchev–Trinajstić information content (AvgIpc) is 3.17. The fourth-order valence-corrected chi connectivity index (χ4v) is 19.8. The van der Waals surface area contributed by atoms with Crippen LogP contribution in [0, 0.1) is 27.7 Å². The molecule has 54 heavy (non-hydrogen) atoms. The molecule has 3 nitrogen and oxygen atoms in total. The molecule has 1 aromatic heterocycles. The predicted octanol–water partition coefficient (Wildman–Crippen LogP) is 16.3. The summed E-state index contributed by atoms with van der Waals surface area (Å²) in [5, 5.41) is 0. The Morgan fingerprint density at radius 2 is 0.685 bits per heavy atom. The Labute approximate surface area is 335 Å². The van der Waals surface area contributed by atoms with Crippen LogP contribution < -0.4 is 0 Å². The third-order valence-corrected chi connectivity index (χ3v) is 22.8. The van der Waals surface area contributed by atoms with Crippen LogP contribution in [-0.4, -0.2) is 32.6 Å². The summed E-state index contributed by atoms with van der Waals surface area (Å²) in [5.74, 6) is 0. The van der Waals surface area contributed by atoms with Crippen molar-refractivity contribution in [1.82, 2.24) is 4.98 Å². The van der Waals surface area contributed by atoms with Crippen LogP contribution in [-0.2, 0) is 0 Å². The molecule has 5 heteroatoms. The number of nitrogens with zero attached hydrogens (tertiary/aromatic N) is 3. The Morgan fingerprint density at radius 1 is 0.426 bits per heavy atom. The van der Waals surface area contributed by atoms with Gasteiger partial charge in [0, 0.05) is 0 Å². The maximum absolute atomic E-state index is 5.72. The molecule has 0 saturated carbocycles. The fraction of sp³-hybridized carbons (Fsp3) is 0.612. The largest absolute Gasteiger partial charge is 0.251 e. The van der Waals surface area contributed by atoms with E-state index >= 15 is 0 Å². The minimum Gasteiger partial charge on any atom is -0.251 e. The molecule has 0 aliphatic heterocycles. The minimum absolute atomic E-state index is 1.08. The highest BCUT2D eigenvalue weighted by Crippen LogP contribution is 2.37. The summed E-state index contributed by atoms with van der Waals surface area (Å²) in [7, 11) is -3.38. The number of pyridine rings is 1. The zero-order chi connectivity index (χ0) is 39.4. The van der Waals surface area contributed by atoms with E-state index in [9.17, 15) is 0 Å². The normalized spacial score (nSPS) is 12.9. The number of aromatic nitrogens is 1. The first-order valence-corrected chi connectivity index (χ1v) is 28.0. The zero-order valence-electron chi connectivity index (χ0n) is 36.7. The number of aliphatic imine (C=N–C) groups is 2. The molecule has 298 valence electrons. The monoisotopic (exact) mass is 766 g/mol. The smallest absolute Gasteiger partial charge is 0.0849 e. The van der Waals surface area contributed by atoms with Crippen LogP contribution >= 0.6 is 0 Å². The molecule has 1 heterocycles. The van der Waals surface area contributed by atoms with Gasteiger partial charge in [-0.25, -0.2) is 4.98 Å². The highest BCUT2D eigenvalue weighted by molar-refractivity contribution is 6.83. The van der Waals surface area contributed by atoms with Gasteiger partial charge in [-0.05, 0) is 74.2 Å². The molecule has 0 N–H and O–H groups in total. The predicted molar refractivity (Wildman–Crippen MR) is 248 cm³/mol. The van der Waals surface area contributed by atoms with E-state index in [-0.39, 0.29) is 0 Å². The summed E-state index contributed by atoms with van der Waals surface area (Å²) in [5.41, 5.74) is 11.9. The molecule has 0 unspecified atom stereocenters. The Balaban J connectivity index is 2.34. The number of hydrogen-bond donors (Lipinski definition) is 0. The molecule has 0 radical (unpaired) electrons. The molecule has 0 aliphatic carbocycles. The average molecular weight is 766 g/mol. The van der Waals surface area contributed by atoms with Gasteiger partial charge in [-0.15, -0.1) is 0 Å². The molecule has 0 fully saturated rings. The van der Waals surface area contributed by atoms with Crippen LogP contribution in [0.1, 0.15) is 152 Å². The summed E-state index contributed by atoms with van der Waals surface area (Å²) in [4.78, 5) is 17.1. The van der Waals surface area contributed by atoms with E-state index in [4.69, 9.17) is 15.0 Å². The third-order valence-electron chi connectivity index (χ3n) is 12.2. The molecule has 3 rings (SSSR count). The van der Waals surface area contributed by atoms with E-state index in [1.807, 2.05) is 0 Å². The van der Waals surface area contributed by atoms with E-state index in [1.165, 1.54) is 147 Å². The van der Waals surface area contributed by atoms with Crippen LogP contribution in [0.5, 0.6) is 0 Å². The van der Waals surface area contributed by atoms with Crippen molar-refractivity contribution in [2.45, 2.75) is 195 Å². The van der Waals surface area contributed by atoms with Crippen LogP contribution in [0.25, 0.3) is 0 Å². The number of benzene rings is 2. The van der Waals surface area contributed by atoms with Gasteiger partial charge in [0.2, 0.25) is 0 Å². The molecule has 0 bridgehead atoms. The molecular formula is C49H79N3Si2. The molecule has 0 amide bonds. The minimum atomic E-state index is -1.69. The summed E-state index contributed by atoms with van der Waals surface area (Å²) in [6, 6.07) is 30.7. The van der Waals surface area contributed by atoms with Gasteiger partial charge < -0.3 is 0 Å². The summed E-state index contributed by atoms with van der Waals surface area (Å²) < 4.78 is 0. The van der Waals surface area contributed by atoms with Crippen molar-refractivity contribution in [1.29, 1.82) is 0 Å². The van der Waals surface area contributed by atoms with Crippen LogP contribution in [0.3, 0.4) is 0 Å². The lowest BCUT2D eigenvalue weighted by molar-refractivity contribution is 0.791. The summed E-state index contributed by atoms with van der Waals surface area (Å²) in [6.45, 7) is 23.1. The van der Waals surface area contributed by atoms with Gasteiger partial charge in [0.15, 0.2) is 0 Å². The summed E-state index contributed by atoms with van der Waals surface area (Å²) >= 11 is 0. The number of hydrogen-bond acceptors (Lipinski definition) is 3. The molecular weight excluding hydrogens is 687 g/mol. The van der Waals surface area contributed by atoms with E-state index in [1.54, 1.807) is 0 Å². The first kappa shape index (κ1) is 45.8. The van der Waals surface area contributed by atoms with Gasteiger partial charge >= 0.3 is 0 Å². The SMILES string of the molecule is CCCC[Si](CCCC)(CCCC)CC(=Nc1c(C)cccc1C)c1cccc(C(C[Si](CCCC)(CCCC)CCCC)=Nc2c(C)cccc2C)n1. The van der Waals surface area contributed by atoms with E-state index < -0.39 is 16.1 Å². The molecule has 2 aromatic carbocycles. The van der Waals surface area contributed by atoms with Gasteiger partial charge in [0.05, 0.1) is 50.3 Å². The van der Waals surface area contributed by atoms with Crippen molar-refractivity contribution in [2.75, 3.05) is 0 Å². The Morgan fingerprint density at radius 3 is 0.944 bits per heavy atom. The maximum Gasteiger partial charge on any atom is 0.0849 e. The number of unbranched alkanes of at least 4 members (excludes halogenated alkanes) is 6. The lowest BCUT2D eigenvalue weighted by Crippen LogP contribution is -2.37. The van der Waals surface area contributed by atoms with Crippen LogP contribution in [0.2, 0.25) is 48.4 Å². The van der Waals surface area contributed by atoms with Crippen molar-refractivity contribution in [3.8, 4) is 0 Å². The lowest BCUT2D eigenvalue weighted by atomic mass is 10.1.